The zero-order valence-electron chi connectivity index (χ0n) is 20.7. The monoisotopic (exact) mass is 471 g/mol. The van der Waals surface area contributed by atoms with Gasteiger partial charge in [-0.25, -0.2) is 4.68 Å². The number of rotatable bonds is 7. The van der Waals surface area contributed by atoms with Gasteiger partial charge in [0.1, 0.15) is 6.04 Å². The first-order valence-electron chi connectivity index (χ1n) is 12.4. The van der Waals surface area contributed by atoms with Crippen LogP contribution in [0.15, 0.2) is 53.3 Å². The van der Waals surface area contributed by atoms with E-state index in [0.717, 1.165) is 66.7 Å². The predicted molar refractivity (Wildman–Crippen MR) is 138 cm³/mol. The molecule has 3 heterocycles. The number of hydrogen-bond donors (Lipinski definition) is 1. The Labute approximate surface area is 205 Å². The van der Waals surface area contributed by atoms with Crippen molar-refractivity contribution >= 4 is 10.9 Å². The summed E-state index contributed by atoms with van der Waals surface area (Å²) in [5.74, 6) is 0.700. The molecule has 1 fully saturated rings. The van der Waals surface area contributed by atoms with Gasteiger partial charge in [0, 0.05) is 31.7 Å². The number of nitrogens with one attached hydrogen (secondary N) is 1. The van der Waals surface area contributed by atoms with E-state index in [9.17, 15) is 4.79 Å². The molecule has 1 aliphatic rings. The molecular formula is C27H33N7O. The Morgan fingerprint density at radius 1 is 1.03 bits per heavy atom. The quantitative estimate of drug-likeness (QED) is 0.445. The first-order chi connectivity index (χ1) is 17.0. The second kappa shape index (κ2) is 10.1. The van der Waals surface area contributed by atoms with Crippen LogP contribution in [0, 0.1) is 13.8 Å². The van der Waals surface area contributed by atoms with Gasteiger partial charge >= 0.3 is 0 Å². The van der Waals surface area contributed by atoms with Crippen molar-refractivity contribution in [2.75, 3.05) is 32.7 Å². The molecule has 8 nitrogen and oxygen atoms in total. The first kappa shape index (κ1) is 23.4. The van der Waals surface area contributed by atoms with E-state index in [1.807, 2.05) is 28.9 Å². The van der Waals surface area contributed by atoms with Crippen molar-refractivity contribution in [3.8, 4) is 0 Å². The molecule has 5 rings (SSSR count). The number of piperazine rings is 1. The van der Waals surface area contributed by atoms with E-state index < -0.39 is 0 Å². The Bertz CT molecular complexity index is 1350. The fourth-order valence-electron chi connectivity index (χ4n) is 5.08. The van der Waals surface area contributed by atoms with Gasteiger partial charge in [0.15, 0.2) is 5.82 Å². The van der Waals surface area contributed by atoms with Crippen LogP contribution in [-0.4, -0.2) is 67.7 Å². The first-order valence-corrected chi connectivity index (χ1v) is 12.4. The number of hydrogen-bond acceptors (Lipinski definition) is 6. The highest BCUT2D eigenvalue weighted by Crippen LogP contribution is 2.29. The minimum Gasteiger partial charge on any atom is -0.321 e. The summed E-state index contributed by atoms with van der Waals surface area (Å²) in [6.45, 7) is 11.6. The lowest BCUT2D eigenvalue weighted by Crippen LogP contribution is -2.49. The molecule has 35 heavy (non-hydrogen) atoms. The summed E-state index contributed by atoms with van der Waals surface area (Å²) in [6, 6.07) is 16.1. The normalized spacial score (nSPS) is 16.1. The number of tetrazole rings is 1. The van der Waals surface area contributed by atoms with Crippen molar-refractivity contribution in [1.29, 1.82) is 0 Å². The number of fused-ring (bicyclic) bond motifs is 1. The zero-order chi connectivity index (χ0) is 24.4. The van der Waals surface area contributed by atoms with Gasteiger partial charge in [-0.05, 0) is 65.4 Å². The van der Waals surface area contributed by atoms with Crippen molar-refractivity contribution < 1.29 is 0 Å². The third-order valence-corrected chi connectivity index (χ3v) is 7.17. The van der Waals surface area contributed by atoms with Crippen LogP contribution in [0.3, 0.4) is 0 Å². The second-order valence-electron chi connectivity index (χ2n) is 9.49. The van der Waals surface area contributed by atoms with Crippen LogP contribution >= 0.6 is 0 Å². The Morgan fingerprint density at radius 3 is 2.54 bits per heavy atom. The number of aromatic nitrogens is 5. The largest absolute Gasteiger partial charge is 0.321 e. The van der Waals surface area contributed by atoms with E-state index in [-0.39, 0.29) is 11.6 Å². The lowest BCUT2D eigenvalue weighted by Gasteiger charge is -2.38. The molecule has 4 aromatic rings. The summed E-state index contributed by atoms with van der Waals surface area (Å²) in [5, 5.41) is 13.8. The molecule has 1 N–H and O–H groups in total. The van der Waals surface area contributed by atoms with E-state index in [4.69, 9.17) is 0 Å². The molecule has 182 valence electrons. The van der Waals surface area contributed by atoms with Gasteiger partial charge in [0.05, 0.1) is 12.1 Å². The fraction of sp³-hybridized carbons (Fsp3) is 0.407. The molecule has 0 radical (unpaired) electrons. The highest BCUT2D eigenvalue weighted by molar-refractivity contribution is 5.83. The number of benzene rings is 2. The average Bonchev–Trinajstić information content (AvgIpc) is 3.32. The van der Waals surface area contributed by atoms with Crippen molar-refractivity contribution in [3.63, 3.8) is 0 Å². The van der Waals surface area contributed by atoms with Gasteiger partial charge in [-0.2, -0.15) is 0 Å². The maximum atomic E-state index is 13.5. The highest BCUT2D eigenvalue weighted by atomic mass is 16.1. The molecule has 1 saturated heterocycles. The van der Waals surface area contributed by atoms with E-state index in [2.05, 4.69) is 75.3 Å². The molecule has 0 bridgehead atoms. The molecule has 0 saturated carbocycles. The number of pyridine rings is 1. The molecule has 8 heteroatoms. The van der Waals surface area contributed by atoms with Crippen LogP contribution in [0.1, 0.15) is 47.5 Å². The number of aryl methyl sites for hydroxylation is 2. The summed E-state index contributed by atoms with van der Waals surface area (Å²) >= 11 is 0. The molecule has 1 atom stereocenters. The maximum absolute atomic E-state index is 13.5. The van der Waals surface area contributed by atoms with Crippen LogP contribution < -0.4 is 5.56 Å². The summed E-state index contributed by atoms with van der Waals surface area (Å²) < 4.78 is 1.84. The highest BCUT2D eigenvalue weighted by Gasteiger charge is 2.32. The summed E-state index contributed by atoms with van der Waals surface area (Å²) in [5.41, 5.74) is 4.89. The zero-order valence-corrected chi connectivity index (χ0v) is 20.7. The standard InChI is InChI=1S/C27H33N7O/c1-4-12-32-13-15-33(16-14-32)25(26-29-30-31-34(26)18-21-8-6-5-7-9-21)23-17-22-11-10-19(2)20(3)24(22)28-27(23)35/h5-11,17,25H,4,12-16,18H2,1-3H3,(H,28,35)/t25-/m0/s1. The third-order valence-electron chi connectivity index (χ3n) is 7.17. The van der Waals surface area contributed by atoms with Crippen LogP contribution in [0.4, 0.5) is 0 Å². The Kier molecular flexibility index (Phi) is 6.74. The Hall–Kier alpha value is -3.36. The molecule has 2 aromatic heterocycles. The van der Waals surface area contributed by atoms with Crippen LogP contribution in [0.25, 0.3) is 10.9 Å². The molecule has 1 aliphatic heterocycles. The van der Waals surface area contributed by atoms with E-state index in [0.29, 0.717) is 17.9 Å². The predicted octanol–water partition coefficient (Wildman–Crippen LogP) is 3.30. The van der Waals surface area contributed by atoms with Crippen LogP contribution in [0.5, 0.6) is 0 Å². The SMILES string of the molecule is CCCN1CCN([C@@H](c2cc3ccc(C)c(C)c3[nH]c2=O)c2nnnn2Cc2ccccc2)CC1. The van der Waals surface area contributed by atoms with Crippen LogP contribution in [0.2, 0.25) is 0 Å². The lowest BCUT2D eigenvalue weighted by molar-refractivity contribution is 0.104. The minimum absolute atomic E-state index is 0.0820. The fourth-order valence-corrected chi connectivity index (χ4v) is 5.08. The van der Waals surface area contributed by atoms with Crippen molar-refractivity contribution in [1.82, 2.24) is 35.0 Å². The minimum atomic E-state index is -0.327. The maximum Gasteiger partial charge on any atom is 0.253 e. The lowest BCUT2D eigenvalue weighted by atomic mass is 9.99. The van der Waals surface area contributed by atoms with Crippen molar-refractivity contribution in [2.45, 2.75) is 39.8 Å². The molecule has 0 amide bonds. The second-order valence-corrected chi connectivity index (χ2v) is 9.49. The molecular weight excluding hydrogens is 438 g/mol. The van der Waals surface area contributed by atoms with Crippen LogP contribution in [-0.2, 0) is 6.54 Å². The van der Waals surface area contributed by atoms with E-state index >= 15 is 0 Å². The summed E-state index contributed by atoms with van der Waals surface area (Å²) in [6.07, 6.45) is 1.14. The van der Waals surface area contributed by atoms with E-state index in [1.165, 1.54) is 0 Å². The topological polar surface area (TPSA) is 82.9 Å². The molecule has 2 aromatic carbocycles. The van der Waals surface area contributed by atoms with Crippen molar-refractivity contribution in [2.24, 2.45) is 0 Å². The smallest absolute Gasteiger partial charge is 0.253 e. The van der Waals surface area contributed by atoms with Gasteiger partial charge in [0.2, 0.25) is 0 Å². The number of nitrogens with zero attached hydrogens (tertiary/aromatic N) is 6. The van der Waals surface area contributed by atoms with Gasteiger partial charge in [-0.3, -0.25) is 9.69 Å². The summed E-state index contributed by atoms with van der Waals surface area (Å²) in [7, 11) is 0. The van der Waals surface area contributed by atoms with Gasteiger partial charge < -0.3 is 9.88 Å². The van der Waals surface area contributed by atoms with E-state index in [1.54, 1.807) is 0 Å². The molecule has 0 unspecified atom stereocenters. The van der Waals surface area contributed by atoms with Gasteiger partial charge in [0.25, 0.3) is 5.56 Å². The van der Waals surface area contributed by atoms with Gasteiger partial charge in [-0.15, -0.1) is 5.10 Å². The van der Waals surface area contributed by atoms with Gasteiger partial charge in [-0.1, -0.05) is 49.4 Å². The average molecular weight is 472 g/mol. The number of H-pyrrole nitrogens is 1. The Balaban J connectivity index is 1.58. The Morgan fingerprint density at radius 2 is 1.80 bits per heavy atom. The summed E-state index contributed by atoms with van der Waals surface area (Å²) in [4.78, 5) is 21.6. The van der Waals surface area contributed by atoms with Crippen molar-refractivity contribution in [3.05, 3.63) is 87.0 Å². The molecule has 0 aliphatic carbocycles. The number of aromatic amines is 1. The third kappa shape index (κ3) is 4.76. The molecule has 0 spiro atoms.